The minimum atomic E-state index is -1.35. The molecule has 0 aromatic heterocycles. The van der Waals surface area contributed by atoms with Crippen molar-refractivity contribution in [2.45, 2.75) is 66.9 Å². The third-order valence-corrected chi connectivity index (χ3v) is 11.4. The Morgan fingerprint density at radius 3 is 2.26 bits per heavy atom. The van der Waals surface area contributed by atoms with Gasteiger partial charge in [0.1, 0.15) is 18.2 Å². The van der Waals surface area contributed by atoms with Crippen molar-refractivity contribution in [3.05, 3.63) is 133 Å². The first-order valence-electron chi connectivity index (χ1n) is 18.1. The zero-order valence-corrected chi connectivity index (χ0v) is 31.2. The molecule has 8 atom stereocenters. The van der Waals surface area contributed by atoms with Crippen LogP contribution in [0.15, 0.2) is 116 Å². The van der Waals surface area contributed by atoms with Crippen LogP contribution in [-0.2, 0) is 41.6 Å². The van der Waals surface area contributed by atoms with E-state index in [0.29, 0.717) is 19.3 Å². The maximum Gasteiger partial charge on any atom is 0.306 e. The van der Waals surface area contributed by atoms with Gasteiger partial charge in [-0.1, -0.05) is 119 Å². The second kappa shape index (κ2) is 17.0. The number of nitrogens with one attached hydrogen (secondary N) is 1. The molecule has 11 heteroatoms. The molecule has 2 bridgehead atoms. The Hall–Kier alpha value is -4.58. The van der Waals surface area contributed by atoms with Gasteiger partial charge in [0, 0.05) is 24.3 Å². The Labute approximate surface area is 319 Å². The van der Waals surface area contributed by atoms with E-state index in [1.54, 1.807) is 17.1 Å². The number of hydrogen-bond donors (Lipinski definition) is 2. The van der Waals surface area contributed by atoms with Gasteiger partial charge in [0.15, 0.2) is 0 Å². The topological polar surface area (TPSA) is 125 Å². The van der Waals surface area contributed by atoms with Crippen LogP contribution < -0.4 is 5.32 Å². The zero-order valence-electron chi connectivity index (χ0n) is 29.6. The molecule has 3 aromatic carbocycles. The van der Waals surface area contributed by atoms with Crippen molar-refractivity contribution in [2.75, 3.05) is 19.8 Å². The first-order valence-corrected chi connectivity index (χ1v) is 19.0. The highest BCUT2D eigenvalue weighted by atomic mass is 79.9. The molecule has 3 fully saturated rings. The molecule has 1 spiro atoms. The highest BCUT2D eigenvalue weighted by Crippen LogP contribution is 2.60. The third-order valence-electron chi connectivity index (χ3n) is 10.5. The molecule has 0 aliphatic carbocycles. The summed E-state index contributed by atoms with van der Waals surface area (Å²) in [4.78, 5) is 59.8. The van der Waals surface area contributed by atoms with Crippen molar-refractivity contribution < 1.29 is 33.8 Å². The Morgan fingerprint density at radius 1 is 1.00 bits per heavy atom. The number of carbonyl (C=O) groups is 4. The summed E-state index contributed by atoms with van der Waals surface area (Å²) in [5, 5.41) is 14.0. The van der Waals surface area contributed by atoms with E-state index in [-0.39, 0.29) is 36.9 Å². The van der Waals surface area contributed by atoms with Gasteiger partial charge in [-0.2, -0.15) is 0 Å². The minimum absolute atomic E-state index is 0.113. The molecule has 278 valence electrons. The summed E-state index contributed by atoms with van der Waals surface area (Å²) in [5.41, 5.74) is 1.16. The largest absolute Gasteiger partial charge is 0.463 e. The lowest BCUT2D eigenvalue weighted by atomic mass is 9.70. The number of rotatable bonds is 17. The Bertz CT molecular complexity index is 1780. The number of esters is 1. The number of allylic oxidation sites excluding steroid dienone is 1. The van der Waals surface area contributed by atoms with Crippen LogP contribution >= 0.6 is 15.9 Å². The van der Waals surface area contributed by atoms with Crippen LogP contribution in [0.25, 0.3) is 0 Å². The van der Waals surface area contributed by atoms with Gasteiger partial charge in [-0.15, -0.1) is 13.2 Å². The van der Waals surface area contributed by atoms with Crippen molar-refractivity contribution >= 4 is 39.6 Å². The van der Waals surface area contributed by atoms with E-state index < -0.39 is 66.1 Å². The number of nitrogens with zero attached hydrogens (tertiary/aromatic N) is 2. The summed E-state index contributed by atoms with van der Waals surface area (Å²) in [7, 11) is 0. The summed E-state index contributed by atoms with van der Waals surface area (Å²) in [5.74, 6) is -3.59. The molecule has 10 nitrogen and oxygen atoms in total. The molecule has 0 radical (unpaired) electrons. The van der Waals surface area contributed by atoms with Gasteiger partial charge in [0.2, 0.25) is 17.7 Å². The second-order valence-electron chi connectivity index (χ2n) is 13.9. The van der Waals surface area contributed by atoms with Gasteiger partial charge in [0.25, 0.3) is 0 Å². The van der Waals surface area contributed by atoms with Gasteiger partial charge in [-0.25, -0.2) is 0 Å². The molecule has 3 aromatic rings. The molecular formula is C42H46BrN3O7. The fourth-order valence-corrected chi connectivity index (χ4v) is 9.13. The molecule has 3 amide bonds. The highest BCUT2D eigenvalue weighted by molar-refractivity contribution is 9.09. The normalized spacial score (nSPS) is 25.3. The Balaban J connectivity index is 1.36. The standard InChI is InChI=1S/C42H46BrN3O7/c1-3-5-21-34(48)52-27-33(30-19-13-8-14-20-30)44-39(49)35-36-40(50)46(31(26-47)23-28-15-9-6-10-16-28)38(42(36)24-32(43)37(35)53-42)41(51)45(22-4-2)25-29-17-11-7-12-18-29/h3-4,6-20,31-33,35-38,47H,1-2,5,21-27H2,(H,44,49)/t31-,32?,33-,35-,36+,37-,38-,42+/m1/s1. The molecule has 3 aliphatic rings. The SMILES string of the molecule is C=CCCC(=O)OC[C@@H](NC(=O)[C@H]1[C@@H]2O[C@@]3(CC2Br)[C@@H]1C(=O)N([C@@H](CO)Cc1ccccc1)[C@@H]3C(=O)N(CC=C)Cc1ccccc1)c1ccccc1. The van der Waals surface area contributed by atoms with Gasteiger partial charge in [0.05, 0.1) is 36.6 Å². The maximum atomic E-state index is 15.0. The summed E-state index contributed by atoms with van der Waals surface area (Å²) in [6.45, 7) is 7.52. The monoisotopic (exact) mass is 783 g/mol. The molecule has 3 aliphatic heterocycles. The van der Waals surface area contributed by atoms with E-state index in [1.165, 1.54) is 4.90 Å². The van der Waals surface area contributed by atoms with Crippen LogP contribution in [-0.4, -0.2) is 87.0 Å². The molecule has 3 heterocycles. The predicted octanol–water partition coefficient (Wildman–Crippen LogP) is 4.92. The van der Waals surface area contributed by atoms with E-state index in [9.17, 15) is 19.5 Å². The average Bonchev–Trinajstić information content (AvgIpc) is 3.78. The fraction of sp³-hybridized carbons (Fsp3) is 0.381. The lowest BCUT2D eigenvalue weighted by molar-refractivity contribution is -0.151. The van der Waals surface area contributed by atoms with Gasteiger partial charge < -0.3 is 29.7 Å². The molecule has 6 rings (SSSR count). The summed E-state index contributed by atoms with van der Waals surface area (Å²) < 4.78 is 12.4. The van der Waals surface area contributed by atoms with Crippen LogP contribution in [0.2, 0.25) is 0 Å². The van der Waals surface area contributed by atoms with Crippen molar-refractivity contribution in [1.82, 2.24) is 15.1 Å². The third kappa shape index (κ3) is 7.88. The lowest BCUT2D eigenvalue weighted by Gasteiger charge is -2.39. The maximum absolute atomic E-state index is 15.0. The minimum Gasteiger partial charge on any atom is -0.463 e. The van der Waals surface area contributed by atoms with Crippen molar-refractivity contribution in [1.29, 1.82) is 0 Å². The number of carbonyl (C=O) groups excluding carboxylic acids is 4. The van der Waals surface area contributed by atoms with E-state index in [4.69, 9.17) is 9.47 Å². The van der Waals surface area contributed by atoms with Crippen LogP contribution in [0.1, 0.15) is 42.0 Å². The number of amides is 3. The van der Waals surface area contributed by atoms with Crippen LogP contribution in [0.3, 0.4) is 0 Å². The van der Waals surface area contributed by atoms with Crippen molar-refractivity contribution in [3.8, 4) is 0 Å². The van der Waals surface area contributed by atoms with Gasteiger partial charge in [-0.05, 0) is 36.0 Å². The molecule has 3 saturated heterocycles. The number of hydrogen-bond acceptors (Lipinski definition) is 7. The average molecular weight is 785 g/mol. The van der Waals surface area contributed by atoms with Crippen molar-refractivity contribution in [2.24, 2.45) is 11.8 Å². The smallest absolute Gasteiger partial charge is 0.306 e. The Morgan fingerprint density at radius 2 is 1.64 bits per heavy atom. The quantitative estimate of drug-likeness (QED) is 0.113. The van der Waals surface area contributed by atoms with Crippen LogP contribution in [0, 0.1) is 11.8 Å². The highest BCUT2D eigenvalue weighted by Gasteiger charge is 2.77. The second-order valence-corrected chi connectivity index (χ2v) is 15.1. The fourth-order valence-electron chi connectivity index (χ4n) is 8.18. The lowest BCUT2D eigenvalue weighted by Crippen LogP contribution is -2.59. The number of likely N-dealkylation sites (tertiary alicyclic amines) is 1. The zero-order chi connectivity index (χ0) is 37.5. The number of aliphatic hydroxyl groups is 1. The van der Waals surface area contributed by atoms with E-state index >= 15 is 4.79 Å². The first kappa shape index (κ1) is 38.2. The van der Waals surface area contributed by atoms with E-state index in [1.807, 2.05) is 91.0 Å². The number of ether oxygens (including phenoxy) is 2. The van der Waals surface area contributed by atoms with Crippen molar-refractivity contribution in [3.63, 3.8) is 0 Å². The molecule has 0 saturated carbocycles. The number of alkyl halides is 1. The number of benzene rings is 3. The van der Waals surface area contributed by atoms with Crippen LogP contribution in [0.4, 0.5) is 0 Å². The number of fused-ring (bicyclic) bond motifs is 1. The molecule has 53 heavy (non-hydrogen) atoms. The van der Waals surface area contributed by atoms with E-state index in [0.717, 1.165) is 16.7 Å². The molecular weight excluding hydrogens is 738 g/mol. The summed E-state index contributed by atoms with van der Waals surface area (Å²) in [6, 6.07) is 25.7. The van der Waals surface area contributed by atoms with Gasteiger partial charge >= 0.3 is 5.97 Å². The van der Waals surface area contributed by atoms with E-state index in [2.05, 4.69) is 34.4 Å². The Kier molecular flexibility index (Phi) is 12.3. The van der Waals surface area contributed by atoms with Gasteiger partial charge in [-0.3, -0.25) is 19.2 Å². The number of halogens is 1. The number of aliphatic hydroxyl groups excluding tert-OH is 1. The predicted molar refractivity (Wildman–Crippen MR) is 203 cm³/mol. The summed E-state index contributed by atoms with van der Waals surface area (Å²) in [6.07, 6.45) is 3.80. The summed E-state index contributed by atoms with van der Waals surface area (Å²) >= 11 is 3.76. The molecule has 1 unspecified atom stereocenters. The van der Waals surface area contributed by atoms with Crippen LogP contribution in [0.5, 0.6) is 0 Å². The molecule has 2 N–H and O–H groups in total. The first-order chi connectivity index (χ1) is 25.7.